The van der Waals surface area contributed by atoms with E-state index in [1.54, 1.807) is 48.6 Å². The maximum Gasteiger partial charge on any atom is 0.249 e. The highest BCUT2D eigenvalue weighted by Crippen LogP contribution is 2.43. The van der Waals surface area contributed by atoms with Crippen molar-refractivity contribution < 1.29 is 18.3 Å². The minimum absolute atomic E-state index is 0.0846. The van der Waals surface area contributed by atoms with Gasteiger partial charge in [-0.25, -0.2) is 9.37 Å². The number of amides is 1. The number of hydrogen-bond acceptors (Lipinski definition) is 5. The Balaban J connectivity index is 1.28. The van der Waals surface area contributed by atoms with Crippen LogP contribution in [-0.4, -0.2) is 53.9 Å². The number of carbonyl (C=O) groups excluding carboxylic acids is 1. The number of fused-ring (bicyclic) bond motifs is 2. The minimum atomic E-state index is -0.607. The summed E-state index contributed by atoms with van der Waals surface area (Å²) in [4.78, 5) is 21.1. The van der Waals surface area contributed by atoms with Gasteiger partial charge in [0.15, 0.2) is 0 Å². The quantitative estimate of drug-likeness (QED) is 0.432. The molecular formula is C27H32F2N4O2. The summed E-state index contributed by atoms with van der Waals surface area (Å²) in [7, 11) is 1.79. The van der Waals surface area contributed by atoms with Crippen molar-refractivity contribution in [2.24, 2.45) is 0 Å². The molecule has 1 atom stereocenters. The predicted molar refractivity (Wildman–Crippen MR) is 130 cm³/mol. The summed E-state index contributed by atoms with van der Waals surface area (Å²) in [6.07, 6.45) is 9.15. The second-order valence-corrected chi connectivity index (χ2v) is 9.15. The van der Waals surface area contributed by atoms with E-state index in [2.05, 4.69) is 21.8 Å². The van der Waals surface area contributed by atoms with Crippen LogP contribution in [0.1, 0.15) is 42.0 Å². The van der Waals surface area contributed by atoms with Crippen molar-refractivity contribution in [2.75, 3.05) is 33.2 Å². The van der Waals surface area contributed by atoms with E-state index in [-0.39, 0.29) is 17.3 Å². The summed E-state index contributed by atoms with van der Waals surface area (Å²) in [5.74, 6) is -0.888. The fourth-order valence-corrected chi connectivity index (χ4v) is 4.89. The van der Waals surface area contributed by atoms with Crippen LogP contribution in [0.4, 0.5) is 8.78 Å². The number of likely N-dealkylation sites (tertiary alicyclic amines) is 1. The number of nitrogens with one attached hydrogen (secondary N) is 1. The number of halogens is 2. The van der Waals surface area contributed by atoms with Crippen LogP contribution < -0.4 is 5.32 Å². The van der Waals surface area contributed by atoms with Crippen LogP contribution in [0.25, 0.3) is 0 Å². The molecule has 0 bridgehead atoms. The molecule has 1 unspecified atom stereocenters. The molecule has 35 heavy (non-hydrogen) atoms. The Labute approximate surface area is 205 Å². The second-order valence-electron chi connectivity index (χ2n) is 9.15. The maximum atomic E-state index is 13.5. The van der Waals surface area contributed by atoms with Crippen LogP contribution in [0, 0.1) is 11.8 Å². The van der Waals surface area contributed by atoms with Crippen molar-refractivity contribution in [1.82, 2.24) is 20.1 Å². The largest absolute Gasteiger partial charge is 0.376 e. The van der Waals surface area contributed by atoms with Crippen molar-refractivity contribution in [3.05, 3.63) is 89.9 Å². The van der Waals surface area contributed by atoms with E-state index < -0.39 is 12.0 Å². The molecule has 6 nitrogen and oxygen atoms in total. The number of allylic oxidation sites excluding steroid dienone is 2. The lowest BCUT2D eigenvalue weighted by Crippen LogP contribution is -2.44. The number of carbonyl (C=O) groups is 1. The highest BCUT2D eigenvalue weighted by molar-refractivity contribution is 5.83. The van der Waals surface area contributed by atoms with Gasteiger partial charge in [-0.1, -0.05) is 24.8 Å². The number of hydrogen-bond donors (Lipinski definition) is 1. The number of piperidine rings is 1. The number of ether oxygens (including phenoxy) is 1. The van der Waals surface area contributed by atoms with E-state index in [9.17, 15) is 13.6 Å². The van der Waals surface area contributed by atoms with Gasteiger partial charge in [0.1, 0.15) is 11.9 Å². The highest BCUT2D eigenvalue weighted by Gasteiger charge is 2.43. The monoisotopic (exact) mass is 482 g/mol. The van der Waals surface area contributed by atoms with Crippen LogP contribution in [0.5, 0.6) is 0 Å². The average molecular weight is 483 g/mol. The minimum Gasteiger partial charge on any atom is -0.376 e. The molecule has 0 radical (unpaired) electrons. The average Bonchev–Trinajstić information content (AvgIpc) is 3.20. The van der Waals surface area contributed by atoms with E-state index in [0.717, 1.165) is 50.0 Å². The topological polar surface area (TPSA) is 57.7 Å². The van der Waals surface area contributed by atoms with E-state index >= 15 is 0 Å². The summed E-state index contributed by atoms with van der Waals surface area (Å²) in [5.41, 5.74) is 2.27. The molecular weight excluding hydrogens is 450 g/mol. The Hall–Kier alpha value is -3.10. The van der Waals surface area contributed by atoms with Crippen molar-refractivity contribution >= 4 is 5.91 Å². The molecule has 186 valence electrons. The molecule has 0 saturated carbocycles. The number of nitrogens with zero attached hydrogens (tertiary/aromatic N) is 3. The standard InChI is InChI=1S/C27H32F2N4O2/c1-3-4-12-30-25(20-6-8-22(28)9-7-20)26(34)32(2)13-5-14-33-15-10-27(11-16-33)23-18-31-24(29)17-21(23)19-35-27/h3-4,6-9,12,17-18,25,30H,1,5,10-11,13-16,19H2,2H3/b12-4-. The van der Waals surface area contributed by atoms with Crippen molar-refractivity contribution in [1.29, 1.82) is 0 Å². The fraction of sp³-hybridized carbons (Fsp3) is 0.407. The Morgan fingerprint density at radius 1 is 1.31 bits per heavy atom. The van der Waals surface area contributed by atoms with Crippen LogP contribution >= 0.6 is 0 Å². The molecule has 8 heteroatoms. The number of aromatic nitrogens is 1. The SMILES string of the molecule is C=C/C=C\NC(C(=O)N(C)CCCN1CCC2(CC1)OCc1cc(F)ncc12)c1ccc(F)cc1. The summed E-state index contributed by atoms with van der Waals surface area (Å²) in [6, 6.07) is 6.83. The van der Waals surface area contributed by atoms with E-state index in [4.69, 9.17) is 4.74 Å². The van der Waals surface area contributed by atoms with Gasteiger partial charge in [0.05, 0.1) is 12.2 Å². The van der Waals surface area contributed by atoms with Gasteiger partial charge in [-0.15, -0.1) is 0 Å². The smallest absolute Gasteiger partial charge is 0.249 e. The fourth-order valence-electron chi connectivity index (χ4n) is 4.89. The van der Waals surface area contributed by atoms with Crippen LogP contribution in [-0.2, 0) is 21.7 Å². The first-order valence-electron chi connectivity index (χ1n) is 12.0. The van der Waals surface area contributed by atoms with Gasteiger partial charge in [0.25, 0.3) is 0 Å². The third-order valence-electron chi connectivity index (χ3n) is 6.90. The second kappa shape index (κ2) is 11.1. The summed E-state index contributed by atoms with van der Waals surface area (Å²) < 4.78 is 32.9. The molecule has 2 aliphatic rings. The Morgan fingerprint density at radius 3 is 2.77 bits per heavy atom. The molecule has 1 aromatic carbocycles. The van der Waals surface area contributed by atoms with Crippen LogP contribution in [0.3, 0.4) is 0 Å². The Bertz CT molecular complexity index is 1070. The lowest BCUT2D eigenvalue weighted by molar-refractivity contribution is -0.132. The third-order valence-corrected chi connectivity index (χ3v) is 6.90. The van der Waals surface area contributed by atoms with Crippen LogP contribution in [0.15, 0.2) is 61.5 Å². The first-order chi connectivity index (χ1) is 16.9. The number of benzene rings is 1. The normalized spacial score (nSPS) is 17.9. The van der Waals surface area contributed by atoms with Crippen LogP contribution in [0.2, 0.25) is 0 Å². The zero-order chi connectivity index (χ0) is 24.8. The number of likely N-dealkylation sites (N-methyl/N-ethyl adjacent to an activating group) is 1. The van der Waals surface area contributed by atoms with E-state index in [0.29, 0.717) is 18.7 Å². The van der Waals surface area contributed by atoms with E-state index in [1.807, 2.05) is 0 Å². The van der Waals surface area contributed by atoms with Gasteiger partial charge in [-0.3, -0.25) is 4.79 Å². The lowest BCUT2D eigenvalue weighted by Gasteiger charge is -2.39. The zero-order valence-electron chi connectivity index (χ0n) is 20.1. The van der Waals surface area contributed by atoms with Gasteiger partial charge < -0.3 is 19.9 Å². The van der Waals surface area contributed by atoms with Gasteiger partial charge in [-0.05, 0) is 67.4 Å². The van der Waals surface area contributed by atoms with Gasteiger partial charge in [-0.2, -0.15) is 4.39 Å². The van der Waals surface area contributed by atoms with Gasteiger partial charge in [0.2, 0.25) is 11.9 Å². The maximum absolute atomic E-state index is 13.5. The van der Waals surface area contributed by atoms with Crippen molar-refractivity contribution in [2.45, 2.75) is 37.5 Å². The molecule has 1 saturated heterocycles. The van der Waals surface area contributed by atoms with Crippen molar-refractivity contribution in [3.8, 4) is 0 Å². The molecule has 3 heterocycles. The predicted octanol–water partition coefficient (Wildman–Crippen LogP) is 4.06. The van der Waals surface area contributed by atoms with Gasteiger partial charge >= 0.3 is 0 Å². The summed E-state index contributed by atoms with van der Waals surface area (Å²) in [6.45, 7) is 7.30. The zero-order valence-corrected chi connectivity index (χ0v) is 20.1. The highest BCUT2D eigenvalue weighted by atomic mass is 19.1. The summed E-state index contributed by atoms with van der Waals surface area (Å²) >= 11 is 0. The number of pyridine rings is 1. The number of rotatable bonds is 9. The molecule has 0 aliphatic carbocycles. The molecule has 1 amide bonds. The van der Waals surface area contributed by atoms with E-state index in [1.165, 1.54) is 18.2 Å². The first-order valence-corrected chi connectivity index (χ1v) is 12.0. The Morgan fingerprint density at radius 2 is 2.06 bits per heavy atom. The first kappa shape index (κ1) is 25.0. The Kier molecular flexibility index (Phi) is 7.93. The molecule has 1 spiro atoms. The molecule has 1 fully saturated rings. The van der Waals surface area contributed by atoms with Crippen molar-refractivity contribution in [3.63, 3.8) is 0 Å². The molecule has 2 aliphatic heterocycles. The third kappa shape index (κ3) is 5.77. The molecule has 1 N–H and O–H groups in total. The molecule has 1 aromatic heterocycles. The molecule has 4 rings (SSSR count). The van der Waals surface area contributed by atoms with Gasteiger partial charge in [0, 0.05) is 38.4 Å². The summed E-state index contributed by atoms with van der Waals surface area (Å²) in [5, 5.41) is 3.10. The molecule has 2 aromatic rings. The lowest BCUT2D eigenvalue weighted by atomic mass is 9.84.